The van der Waals surface area contributed by atoms with Crippen LogP contribution in [0.3, 0.4) is 0 Å². The van der Waals surface area contributed by atoms with Gasteiger partial charge in [0, 0.05) is 30.4 Å². The van der Waals surface area contributed by atoms with Crippen LogP contribution in [0, 0.1) is 0 Å². The van der Waals surface area contributed by atoms with Crippen molar-refractivity contribution in [3.8, 4) is 0 Å². The van der Waals surface area contributed by atoms with Crippen molar-refractivity contribution in [2.45, 2.75) is 51.7 Å². The van der Waals surface area contributed by atoms with Gasteiger partial charge in [0.25, 0.3) is 5.91 Å². The van der Waals surface area contributed by atoms with E-state index in [-0.39, 0.29) is 5.91 Å². The lowest BCUT2D eigenvalue weighted by Crippen LogP contribution is -2.47. The molecule has 4 heteroatoms. The number of likely N-dealkylation sites (tertiary alicyclic amines) is 1. The zero-order chi connectivity index (χ0) is 13.1. The van der Waals surface area contributed by atoms with Gasteiger partial charge in [0.15, 0.2) is 0 Å². The Morgan fingerprint density at radius 1 is 1.44 bits per heavy atom. The summed E-state index contributed by atoms with van der Waals surface area (Å²) in [7, 11) is 0. The number of nitrogens with zero attached hydrogens (tertiary/aromatic N) is 2. The van der Waals surface area contributed by atoms with Gasteiger partial charge >= 0.3 is 0 Å². The Hall–Kier alpha value is -1.42. The van der Waals surface area contributed by atoms with Crippen LogP contribution in [0.25, 0.3) is 0 Å². The minimum Gasteiger partial charge on any atom is -0.333 e. The highest BCUT2D eigenvalue weighted by atomic mass is 16.2. The van der Waals surface area contributed by atoms with Crippen molar-refractivity contribution in [1.82, 2.24) is 9.88 Å². The van der Waals surface area contributed by atoms with Gasteiger partial charge in [-0.3, -0.25) is 9.78 Å². The second-order valence-electron chi connectivity index (χ2n) is 5.08. The number of hydrogen-bond donors (Lipinski definition) is 1. The summed E-state index contributed by atoms with van der Waals surface area (Å²) < 4.78 is 0. The summed E-state index contributed by atoms with van der Waals surface area (Å²) in [5.41, 5.74) is 7.03. The van der Waals surface area contributed by atoms with E-state index in [1.807, 2.05) is 4.90 Å². The summed E-state index contributed by atoms with van der Waals surface area (Å²) in [5, 5.41) is 0. The number of carbonyl (C=O) groups is 1. The van der Waals surface area contributed by atoms with Gasteiger partial charge in [0.05, 0.1) is 5.69 Å². The summed E-state index contributed by atoms with van der Waals surface area (Å²) in [6.45, 7) is 4.61. The minimum atomic E-state index is 0.104. The number of carbonyl (C=O) groups excluding carboxylic acids is 1. The van der Waals surface area contributed by atoms with E-state index in [1.165, 1.54) is 6.42 Å². The van der Waals surface area contributed by atoms with Crippen LogP contribution in [0.2, 0.25) is 0 Å². The van der Waals surface area contributed by atoms with E-state index in [0.717, 1.165) is 18.5 Å². The number of piperidine rings is 1. The number of hydrogen-bond acceptors (Lipinski definition) is 3. The average Bonchev–Trinajstić information content (AvgIpc) is 2.38. The third kappa shape index (κ3) is 2.53. The molecule has 0 saturated carbocycles. The molecule has 1 saturated heterocycles. The molecule has 4 nitrogen and oxygen atoms in total. The molecule has 0 spiro atoms. The van der Waals surface area contributed by atoms with Crippen molar-refractivity contribution in [3.63, 3.8) is 0 Å². The number of pyridine rings is 1. The first-order valence-corrected chi connectivity index (χ1v) is 6.61. The predicted octanol–water partition coefficient (Wildman–Crippen LogP) is 1.94. The molecular weight excluding hydrogens is 226 g/mol. The zero-order valence-electron chi connectivity index (χ0n) is 11.1. The number of aromatic nitrogens is 1. The summed E-state index contributed by atoms with van der Waals surface area (Å²) in [4.78, 5) is 18.7. The lowest BCUT2D eigenvalue weighted by atomic mass is 9.96. The largest absolute Gasteiger partial charge is 0.333 e. The fourth-order valence-corrected chi connectivity index (χ4v) is 2.69. The Balaban J connectivity index is 2.23. The Kier molecular flexibility index (Phi) is 3.97. The minimum absolute atomic E-state index is 0.104. The van der Waals surface area contributed by atoms with Crippen LogP contribution in [0.4, 0.5) is 0 Å². The van der Waals surface area contributed by atoms with Crippen LogP contribution >= 0.6 is 0 Å². The summed E-state index contributed by atoms with van der Waals surface area (Å²) >= 11 is 0. The molecule has 0 unspecified atom stereocenters. The predicted molar refractivity (Wildman–Crippen MR) is 71.1 cm³/mol. The van der Waals surface area contributed by atoms with Crippen LogP contribution in [0.15, 0.2) is 18.3 Å². The second kappa shape index (κ2) is 5.48. The molecule has 2 atom stereocenters. The van der Waals surface area contributed by atoms with Gasteiger partial charge < -0.3 is 10.6 Å². The first-order valence-electron chi connectivity index (χ1n) is 6.61. The highest BCUT2D eigenvalue weighted by molar-refractivity contribution is 5.94. The first kappa shape index (κ1) is 13.0. The molecule has 1 aliphatic heterocycles. The van der Waals surface area contributed by atoms with Crippen LogP contribution in [-0.2, 0) is 6.54 Å². The van der Waals surface area contributed by atoms with Gasteiger partial charge in [-0.1, -0.05) is 0 Å². The van der Waals surface area contributed by atoms with Gasteiger partial charge in [0.2, 0.25) is 0 Å². The smallest absolute Gasteiger partial charge is 0.254 e. The topological polar surface area (TPSA) is 59.2 Å². The van der Waals surface area contributed by atoms with E-state index >= 15 is 0 Å². The van der Waals surface area contributed by atoms with Crippen molar-refractivity contribution >= 4 is 5.91 Å². The van der Waals surface area contributed by atoms with E-state index in [1.54, 1.807) is 18.3 Å². The van der Waals surface area contributed by atoms with E-state index in [2.05, 4.69) is 18.8 Å². The fraction of sp³-hybridized carbons (Fsp3) is 0.571. The zero-order valence-corrected chi connectivity index (χ0v) is 11.1. The molecule has 0 aliphatic carbocycles. The standard InChI is InChI=1S/C14H21N3O/c1-10-4-3-5-11(2)17(10)14(18)12-6-7-16-13(8-12)9-15/h6-8,10-11H,3-5,9,15H2,1-2H3/t10-,11+. The summed E-state index contributed by atoms with van der Waals surface area (Å²) in [6, 6.07) is 4.21. The third-order valence-electron chi connectivity index (χ3n) is 3.70. The molecule has 1 amide bonds. The molecule has 2 rings (SSSR count). The van der Waals surface area contributed by atoms with Crippen molar-refractivity contribution < 1.29 is 4.79 Å². The molecule has 0 bridgehead atoms. The Morgan fingerprint density at radius 2 is 2.11 bits per heavy atom. The van der Waals surface area contributed by atoms with Gasteiger partial charge in [-0.15, -0.1) is 0 Å². The van der Waals surface area contributed by atoms with Gasteiger partial charge in [0.1, 0.15) is 0 Å². The maximum absolute atomic E-state index is 12.5. The van der Waals surface area contributed by atoms with Crippen LogP contribution in [0.5, 0.6) is 0 Å². The van der Waals surface area contributed by atoms with Crippen LogP contribution in [0.1, 0.15) is 49.2 Å². The van der Waals surface area contributed by atoms with E-state index in [4.69, 9.17) is 5.73 Å². The maximum atomic E-state index is 12.5. The molecule has 1 fully saturated rings. The van der Waals surface area contributed by atoms with Crippen molar-refractivity contribution in [2.24, 2.45) is 5.73 Å². The SMILES string of the molecule is C[C@@H]1CCC[C@H](C)N1C(=O)c1ccnc(CN)c1. The highest BCUT2D eigenvalue weighted by Crippen LogP contribution is 2.24. The molecule has 0 aromatic carbocycles. The molecule has 1 aromatic heterocycles. The fourth-order valence-electron chi connectivity index (χ4n) is 2.69. The molecular formula is C14H21N3O. The van der Waals surface area contributed by atoms with Crippen LogP contribution in [-0.4, -0.2) is 27.9 Å². The number of nitrogens with two attached hydrogens (primary N) is 1. The summed E-state index contributed by atoms with van der Waals surface area (Å²) in [5.74, 6) is 0.104. The quantitative estimate of drug-likeness (QED) is 0.869. The molecule has 98 valence electrons. The Morgan fingerprint density at radius 3 is 2.72 bits per heavy atom. The van der Waals surface area contributed by atoms with E-state index < -0.39 is 0 Å². The van der Waals surface area contributed by atoms with Crippen LogP contribution < -0.4 is 5.73 Å². The molecule has 2 N–H and O–H groups in total. The lowest BCUT2D eigenvalue weighted by molar-refractivity contribution is 0.0510. The van der Waals surface area contributed by atoms with Crippen molar-refractivity contribution in [1.29, 1.82) is 0 Å². The van der Waals surface area contributed by atoms with E-state index in [0.29, 0.717) is 24.2 Å². The van der Waals surface area contributed by atoms with Gasteiger partial charge in [-0.25, -0.2) is 0 Å². The molecule has 0 radical (unpaired) electrons. The van der Waals surface area contributed by atoms with E-state index in [9.17, 15) is 4.79 Å². The van der Waals surface area contributed by atoms with Gasteiger partial charge in [-0.2, -0.15) is 0 Å². The maximum Gasteiger partial charge on any atom is 0.254 e. The Bertz CT molecular complexity index is 423. The normalized spacial score (nSPS) is 24.1. The van der Waals surface area contributed by atoms with Gasteiger partial charge in [-0.05, 0) is 45.2 Å². The third-order valence-corrected chi connectivity index (χ3v) is 3.70. The monoisotopic (exact) mass is 247 g/mol. The summed E-state index contributed by atoms with van der Waals surface area (Å²) in [6.07, 6.45) is 5.04. The molecule has 1 aromatic rings. The lowest BCUT2D eigenvalue weighted by Gasteiger charge is -2.39. The molecule has 18 heavy (non-hydrogen) atoms. The van der Waals surface area contributed by atoms with Crippen molar-refractivity contribution in [2.75, 3.05) is 0 Å². The first-order chi connectivity index (χ1) is 8.63. The Labute approximate surface area is 108 Å². The highest BCUT2D eigenvalue weighted by Gasteiger charge is 2.29. The number of rotatable bonds is 2. The van der Waals surface area contributed by atoms with Crippen molar-refractivity contribution in [3.05, 3.63) is 29.6 Å². The molecule has 1 aliphatic rings. The molecule has 2 heterocycles. The number of amides is 1. The average molecular weight is 247 g/mol. The second-order valence-corrected chi connectivity index (χ2v) is 5.08.